The first-order valence-corrected chi connectivity index (χ1v) is 12.4. The molecular formula is C28H38N4O6. The van der Waals surface area contributed by atoms with Gasteiger partial charge in [0.15, 0.2) is 0 Å². The normalized spacial score (nSPS) is 12.7. The Hall–Kier alpha value is -3.92. The Morgan fingerprint density at radius 3 is 2.21 bits per heavy atom. The van der Waals surface area contributed by atoms with Gasteiger partial charge >= 0.3 is 6.09 Å². The number of aliphatic hydroxyl groups is 1. The predicted octanol–water partition coefficient (Wildman–Crippen LogP) is 2.88. The van der Waals surface area contributed by atoms with E-state index in [1.165, 1.54) is 0 Å². The molecule has 38 heavy (non-hydrogen) atoms. The second kappa shape index (κ2) is 13.0. The van der Waals surface area contributed by atoms with Crippen LogP contribution in [-0.2, 0) is 19.1 Å². The number of nitrogens with one attached hydrogen (secondary N) is 2. The average molecular weight is 527 g/mol. The summed E-state index contributed by atoms with van der Waals surface area (Å²) in [6, 6.07) is 9.93. The van der Waals surface area contributed by atoms with Crippen LogP contribution in [0.25, 0.3) is 0 Å². The first kappa shape index (κ1) is 30.3. The molecule has 0 fully saturated rings. The number of aliphatic hydroxyl groups excluding tert-OH is 1. The van der Waals surface area contributed by atoms with E-state index < -0.39 is 54.5 Å². The topological polar surface area (TPSA) is 151 Å². The maximum Gasteiger partial charge on any atom is 0.408 e. The van der Waals surface area contributed by atoms with Crippen LogP contribution in [0.2, 0.25) is 0 Å². The quantitative estimate of drug-likeness (QED) is 0.374. The van der Waals surface area contributed by atoms with Crippen LogP contribution >= 0.6 is 0 Å². The minimum Gasteiger partial charge on any atom is -0.444 e. The highest BCUT2D eigenvalue weighted by atomic mass is 16.6. The third-order valence-electron chi connectivity index (χ3n) is 5.83. The van der Waals surface area contributed by atoms with Crippen LogP contribution in [-0.4, -0.2) is 58.6 Å². The molecule has 2 aromatic rings. The number of alkyl carbamates (subject to hydrolysis) is 1. The minimum atomic E-state index is -1.42. The first-order chi connectivity index (χ1) is 17.7. The Kier molecular flexibility index (Phi) is 10.4. The highest BCUT2D eigenvalue weighted by Gasteiger charge is 2.37. The van der Waals surface area contributed by atoms with Gasteiger partial charge in [-0.25, -0.2) is 4.79 Å². The number of aryl methyl sites for hydroxylation is 3. The second-order valence-corrected chi connectivity index (χ2v) is 10.2. The highest BCUT2D eigenvalue weighted by Crippen LogP contribution is 2.27. The Labute approximate surface area is 223 Å². The Balaban J connectivity index is 2.55. The van der Waals surface area contributed by atoms with Gasteiger partial charge in [0, 0.05) is 12.2 Å². The monoisotopic (exact) mass is 526 g/mol. The van der Waals surface area contributed by atoms with Gasteiger partial charge in [-0.3, -0.25) is 14.4 Å². The molecule has 2 rings (SSSR count). The van der Waals surface area contributed by atoms with Crippen molar-refractivity contribution >= 4 is 29.5 Å². The lowest BCUT2D eigenvalue weighted by Crippen LogP contribution is -2.54. The number of para-hydroxylation sites is 1. The predicted molar refractivity (Wildman–Crippen MR) is 144 cm³/mol. The van der Waals surface area contributed by atoms with E-state index in [1.54, 1.807) is 45.0 Å². The van der Waals surface area contributed by atoms with E-state index in [0.717, 1.165) is 21.6 Å². The molecule has 0 bridgehead atoms. The van der Waals surface area contributed by atoms with Crippen molar-refractivity contribution in [3.05, 3.63) is 64.7 Å². The number of hydrogen-bond donors (Lipinski definition) is 4. The molecule has 0 aliphatic rings. The third kappa shape index (κ3) is 8.58. The molecule has 2 atom stereocenters. The summed E-state index contributed by atoms with van der Waals surface area (Å²) < 4.78 is 5.25. The lowest BCUT2D eigenvalue weighted by Gasteiger charge is -2.34. The van der Waals surface area contributed by atoms with Crippen LogP contribution in [0.4, 0.5) is 10.5 Å². The number of nitrogens with two attached hydrogens (primary N) is 1. The number of nitrogens with zero attached hydrogens (tertiary/aromatic N) is 1. The zero-order valence-corrected chi connectivity index (χ0v) is 22.8. The van der Waals surface area contributed by atoms with Crippen LogP contribution < -0.4 is 16.4 Å². The molecule has 5 N–H and O–H groups in total. The number of hydrogen-bond acceptors (Lipinski definition) is 6. The van der Waals surface area contributed by atoms with E-state index in [4.69, 9.17) is 10.5 Å². The fraction of sp³-hybridized carbons (Fsp3) is 0.429. The van der Waals surface area contributed by atoms with Gasteiger partial charge in [0.2, 0.25) is 11.8 Å². The largest absolute Gasteiger partial charge is 0.444 e. The summed E-state index contributed by atoms with van der Waals surface area (Å²) in [4.78, 5) is 53.0. The van der Waals surface area contributed by atoms with Gasteiger partial charge in [-0.05, 0) is 69.9 Å². The molecule has 10 nitrogen and oxygen atoms in total. The van der Waals surface area contributed by atoms with Crippen LogP contribution in [0.3, 0.4) is 0 Å². The van der Waals surface area contributed by atoms with E-state index in [0.29, 0.717) is 11.3 Å². The smallest absolute Gasteiger partial charge is 0.408 e. The molecule has 10 heteroatoms. The molecule has 206 valence electrons. The summed E-state index contributed by atoms with van der Waals surface area (Å²) in [5.74, 6) is -2.14. The minimum absolute atomic E-state index is 0.247. The lowest BCUT2D eigenvalue weighted by molar-refractivity contribution is -0.142. The molecule has 0 saturated heterocycles. The van der Waals surface area contributed by atoms with Crippen molar-refractivity contribution in [2.45, 2.75) is 65.6 Å². The number of benzene rings is 2. The molecule has 0 spiro atoms. The summed E-state index contributed by atoms with van der Waals surface area (Å²) in [6.45, 7) is 9.89. The molecule has 2 aromatic carbocycles. The number of amides is 4. The summed E-state index contributed by atoms with van der Waals surface area (Å²) in [7, 11) is 0. The summed E-state index contributed by atoms with van der Waals surface area (Å²) in [5, 5.41) is 15.1. The fourth-order valence-electron chi connectivity index (χ4n) is 3.85. The molecule has 0 aromatic heterocycles. The van der Waals surface area contributed by atoms with Gasteiger partial charge in [0.05, 0.1) is 13.0 Å². The van der Waals surface area contributed by atoms with Crippen molar-refractivity contribution in [2.75, 3.05) is 18.5 Å². The fourth-order valence-corrected chi connectivity index (χ4v) is 3.85. The Morgan fingerprint density at radius 1 is 1.00 bits per heavy atom. The van der Waals surface area contributed by atoms with E-state index in [-0.39, 0.29) is 6.54 Å². The summed E-state index contributed by atoms with van der Waals surface area (Å²) >= 11 is 0. The number of carbonyl (C=O) groups excluding carboxylic acids is 4. The van der Waals surface area contributed by atoms with Gasteiger partial charge in [0.1, 0.15) is 17.7 Å². The van der Waals surface area contributed by atoms with E-state index in [2.05, 4.69) is 10.6 Å². The summed E-state index contributed by atoms with van der Waals surface area (Å²) in [5.41, 5.74) is 8.28. The van der Waals surface area contributed by atoms with Gasteiger partial charge in [-0.15, -0.1) is 0 Å². The molecule has 2 unspecified atom stereocenters. The van der Waals surface area contributed by atoms with E-state index in [9.17, 15) is 24.3 Å². The number of primary amides is 1. The standard InChI is InChI=1S/C28H38N4O6/c1-17-11-12-20(15-19(17)3)24(25(35)30-21-10-8-7-9-18(21)2)32(13-14-33)26(36)22(16-23(29)34)31-27(37)38-28(4,5)6/h7-12,15,22,24,33H,13-14,16H2,1-6H3,(H2,29,34)(H,30,35)(H,31,37). The van der Waals surface area contributed by atoms with Gasteiger partial charge in [-0.1, -0.05) is 36.4 Å². The zero-order chi connectivity index (χ0) is 28.6. The van der Waals surface area contributed by atoms with Gasteiger partial charge in [0.25, 0.3) is 5.91 Å². The summed E-state index contributed by atoms with van der Waals surface area (Å²) in [6.07, 6.45) is -1.45. The van der Waals surface area contributed by atoms with E-state index >= 15 is 0 Å². The van der Waals surface area contributed by atoms with Crippen LogP contribution in [0.5, 0.6) is 0 Å². The van der Waals surface area contributed by atoms with Crippen LogP contribution in [0.1, 0.15) is 55.5 Å². The highest BCUT2D eigenvalue weighted by molar-refractivity contribution is 6.00. The zero-order valence-electron chi connectivity index (χ0n) is 22.8. The number of ether oxygens (including phenoxy) is 1. The molecule has 0 radical (unpaired) electrons. The molecule has 0 heterocycles. The maximum absolute atomic E-state index is 13.8. The molecular weight excluding hydrogens is 488 g/mol. The van der Waals surface area contributed by atoms with Crippen molar-refractivity contribution in [1.82, 2.24) is 10.2 Å². The SMILES string of the molecule is Cc1ccc(C(C(=O)Nc2ccccc2C)N(CCO)C(=O)C(CC(N)=O)NC(=O)OC(C)(C)C)cc1C. The maximum atomic E-state index is 13.8. The van der Waals surface area contributed by atoms with Crippen molar-refractivity contribution in [1.29, 1.82) is 0 Å². The van der Waals surface area contributed by atoms with Crippen LogP contribution in [0.15, 0.2) is 42.5 Å². The Morgan fingerprint density at radius 2 is 1.66 bits per heavy atom. The van der Waals surface area contributed by atoms with Crippen molar-refractivity contribution in [3.63, 3.8) is 0 Å². The Bertz CT molecular complexity index is 1170. The van der Waals surface area contributed by atoms with Crippen LogP contribution in [0, 0.1) is 20.8 Å². The lowest BCUT2D eigenvalue weighted by atomic mass is 9.98. The molecule has 0 aliphatic carbocycles. The number of anilines is 1. The third-order valence-corrected chi connectivity index (χ3v) is 5.83. The number of carbonyl (C=O) groups is 4. The van der Waals surface area contributed by atoms with E-state index in [1.807, 2.05) is 39.0 Å². The van der Waals surface area contributed by atoms with Crippen molar-refractivity contribution in [3.8, 4) is 0 Å². The first-order valence-electron chi connectivity index (χ1n) is 12.4. The second-order valence-electron chi connectivity index (χ2n) is 10.2. The van der Waals surface area contributed by atoms with Gasteiger partial charge < -0.3 is 31.1 Å². The average Bonchev–Trinajstić information content (AvgIpc) is 2.80. The molecule has 4 amide bonds. The molecule has 0 aliphatic heterocycles. The number of rotatable bonds is 10. The van der Waals surface area contributed by atoms with Crippen molar-refractivity contribution < 1.29 is 29.0 Å². The van der Waals surface area contributed by atoms with Crippen molar-refractivity contribution in [2.24, 2.45) is 5.73 Å². The molecule has 0 saturated carbocycles. The van der Waals surface area contributed by atoms with Gasteiger partial charge in [-0.2, -0.15) is 0 Å².